The zero-order chi connectivity index (χ0) is 15.4. The van der Waals surface area contributed by atoms with Gasteiger partial charge in [-0.1, -0.05) is 48.0 Å². The summed E-state index contributed by atoms with van der Waals surface area (Å²) < 4.78 is 0. The van der Waals surface area contributed by atoms with Crippen LogP contribution in [0.15, 0.2) is 48.0 Å². The Morgan fingerprint density at radius 2 is 1.57 bits per heavy atom. The van der Waals surface area contributed by atoms with Crippen molar-refractivity contribution < 1.29 is 4.79 Å². The van der Waals surface area contributed by atoms with E-state index in [2.05, 4.69) is 24.4 Å². The number of rotatable bonds is 3. The number of carbonyl (C=O) groups is 1. The average molecular weight is 279 g/mol. The lowest BCUT2D eigenvalue weighted by Crippen LogP contribution is -2.14. The fraction of sp³-hybridized carbons (Fsp3) is 0.211. The molecule has 1 amide bonds. The number of carbonyl (C=O) groups excluding carboxylic acids is 1. The zero-order valence-electron chi connectivity index (χ0n) is 13.0. The predicted octanol–water partition coefficient (Wildman–Crippen LogP) is 4.65. The SMILES string of the molecule is CC(=Cc1ccccc1)C(=O)Nc1c(C)cc(C)cc1C. The number of amides is 1. The standard InChI is InChI=1S/C19H21NO/c1-13-10-14(2)18(15(3)11-13)20-19(21)16(4)12-17-8-6-5-7-9-17/h5-12H,1-4H3,(H,20,21). The van der Waals surface area contributed by atoms with Gasteiger partial charge in [-0.3, -0.25) is 4.79 Å². The molecule has 2 nitrogen and oxygen atoms in total. The lowest BCUT2D eigenvalue weighted by molar-refractivity contribution is -0.112. The van der Waals surface area contributed by atoms with Crippen molar-refractivity contribution in [3.8, 4) is 0 Å². The molecular weight excluding hydrogens is 258 g/mol. The molecule has 0 aliphatic heterocycles. The first kappa shape index (κ1) is 15.0. The molecule has 0 unspecified atom stereocenters. The molecule has 2 aromatic carbocycles. The van der Waals surface area contributed by atoms with Crippen molar-refractivity contribution in [2.45, 2.75) is 27.7 Å². The highest BCUT2D eigenvalue weighted by Gasteiger charge is 2.09. The quantitative estimate of drug-likeness (QED) is 0.814. The summed E-state index contributed by atoms with van der Waals surface area (Å²) >= 11 is 0. The van der Waals surface area contributed by atoms with Gasteiger partial charge in [-0.05, 0) is 50.5 Å². The van der Waals surface area contributed by atoms with E-state index < -0.39 is 0 Å². The summed E-state index contributed by atoms with van der Waals surface area (Å²) in [7, 11) is 0. The molecule has 0 aliphatic rings. The Kier molecular flexibility index (Phi) is 4.59. The molecule has 2 heteroatoms. The third-order valence-electron chi connectivity index (χ3n) is 3.46. The predicted molar refractivity (Wildman–Crippen MR) is 89.4 cm³/mol. The molecule has 0 saturated heterocycles. The Morgan fingerprint density at radius 3 is 2.14 bits per heavy atom. The molecular formula is C19H21NO. The van der Waals surface area contributed by atoms with Crippen LogP contribution in [0.1, 0.15) is 29.2 Å². The Bertz CT molecular complexity index is 661. The second-order valence-corrected chi connectivity index (χ2v) is 5.47. The van der Waals surface area contributed by atoms with Crippen LogP contribution in [-0.4, -0.2) is 5.91 Å². The summed E-state index contributed by atoms with van der Waals surface area (Å²) in [4.78, 5) is 12.3. The fourth-order valence-corrected chi connectivity index (χ4v) is 2.45. The molecule has 0 aromatic heterocycles. The zero-order valence-corrected chi connectivity index (χ0v) is 13.0. The average Bonchev–Trinajstić information content (AvgIpc) is 2.43. The highest BCUT2D eigenvalue weighted by molar-refractivity contribution is 6.06. The van der Waals surface area contributed by atoms with Crippen LogP contribution in [-0.2, 0) is 4.79 Å². The van der Waals surface area contributed by atoms with Gasteiger partial charge >= 0.3 is 0 Å². The first-order valence-corrected chi connectivity index (χ1v) is 7.10. The lowest BCUT2D eigenvalue weighted by Gasteiger charge is -2.13. The number of aryl methyl sites for hydroxylation is 3. The van der Waals surface area contributed by atoms with Crippen molar-refractivity contribution in [2.24, 2.45) is 0 Å². The van der Waals surface area contributed by atoms with E-state index in [0.717, 1.165) is 22.4 Å². The van der Waals surface area contributed by atoms with Gasteiger partial charge in [0.2, 0.25) is 0 Å². The van der Waals surface area contributed by atoms with E-state index in [0.29, 0.717) is 5.57 Å². The fourth-order valence-electron chi connectivity index (χ4n) is 2.45. The van der Waals surface area contributed by atoms with Gasteiger partial charge in [-0.2, -0.15) is 0 Å². The first-order chi connectivity index (χ1) is 9.97. The van der Waals surface area contributed by atoms with Crippen molar-refractivity contribution in [2.75, 3.05) is 5.32 Å². The van der Waals surface area contributed by atoms with Crippen molar-refractivity contribution in [3.63, 3.8) is 0 Å². The van der Waals surface area contributed by atoms with Gasteiger partial charge in [-0.15, -0.1) is 0 Å². The van der Waals surface area contributed by atoms with E-state index in [1.54, 1.807) is 0 Å². The summed E-state index contributed by atoms with van der Waals surface area (Å²) in [5, 5.41) is 3.02. The van der Waals surface area contributed by atoms with Crippen LogP contribution in [0.2, 0.25) is 0 Å². The van der Waals surface area contributed by atoms with Gasteiger partial charge in [0, 0.05) is 11.3 Å². The summed E-state index contributed by atoms with van der Waals surface area (Å²) in [6.45, 7) is 7.94. The number of hydrogen-bond donors (Lipinski definition) is 1. The van der Waals surface area contributed by atoms with Crippen LogP contribution in [0.4, 0.5) is 5.69 Å². The minimum Gasteiger partial charge on any atom is -0.322 e. The molecule has 0 spiro atoms. The Hall–Kier alpha value is -2.35. The second-order valence-electron chi connectivity index (χ2n) is 5.47. The van der Waals surface area contributed by atoms with Gasteiger partial charge < -0.3 is 5.32 Å². The third kappa shape index (κ3) is 3.82. The maximum absolute atomic E-state index is 12.3. The Balaban J connectivity index is 2.21. The molecule has 2 rings (SSSR count). The van der Waals surface area contributed by atoms with Crippen LogP contribution in [0.5, 0.6) is 0 Å². The molecule has 1 N–H and O–H groups in total. The summed E-state index contributed by atoms with van der Waals surface area (Å²) in [5.74, 6) is -0.0612. The number of anilines is 1. The Labute approximate surface area is 126 Å². The van der Waals surface area contributed by atoms with Crippen LogP contribution in [0, 0.1) is 20.8 Å². The van der Waals surface area contributed by atoms with Crippen molar-refractivity contribution in [3.05, 3.63) is 70.3 Å². The number of benzene rings is 2. The van der Waals surface area contributed by atoms with E-state index in [9.17, 15) is 4.79 Å². The van der Waals surface area contributed by atoms with Crippen LogP contribution >= 0.6 is 0 Å². The van der Waals surface area contributed by atoms with Gasteiger partial charge in [-0.25, -0.2) is 0 Å². The van der Waals surface area contributed by atoms with Gasteiger partial charge in [0.15, 0.2) is 0 Å². The molecule has 2 aromatic rings. The van der Waals surface area contributed by atoms with Gasteiger partial charge in [0.1, 0.15) is 0 Å². The van der Waals surface area contributed by atoms with E-state index in [4.69, 9.17) is 0 Å². The molecule has 0 radical (unpaired) electrons. The van der Waals surface area contributed by atoms with Crippen LogP contribution in [0.3, 0.4) is 0 Å². The number of hydrogen-bond acceptors (Lipinski definition) is 1. The van der Waals surface area contributed by atoms with Gasteiger partial charge in [0.05, 0.1) is 0 Å². The maximum atomic E-state index is 12.3. The molecule has 0 atom stereocenters. The molecule has 0 heterocycles. The monoisotopic (exact) mass is 279 g/mol. The lowest BCUT2D eigenvalue weighted by atomic mass is 10.0. The summed E-state index contributed by atoms with van der Waals surface area (Å²) in [5.41, 5.74) is 6.02. The smallest absolute Gasteiger partial charge is 0.251 e. The number of nitrogens with one attached hydrogen (secondary N) is 1. The summed E-state index contributed by atoms with van der Waals surface area (Å²) in [6.07, 6.45) is 1.90. The highest BCUT2D eigenvalue weighted by atomic mass is 16.1. The highest BCUT2D eigenvalue weighted by Crippen LogP contribution is 2.22. The van der Waals surface area contributed by atoms with E-state index >= 15 is 0 Å². The van der Waals surface area contributed by atoms with Crippen LogP contribution < -0.4 is 5.32 Å². The normalized spacial score (nSPS) is 11.3. The van der Waals surface area contributed by atoms with Crippen molar-refractivity contribution >= 4 is 17.7 Å². The van der Waals surface area contributed by atoms with E-state index in [1.807, 2.05) is 57.2 Å². The molecule has 0 fully saturated rings. The summed E-state index contributed by atoms with van der Waals surface area (Å²) in [6, 6.07) is 14.0. The molecule has 108 valence electrons. The molecule has 0 aliphatic carbocycles. The van der Waals surface area contributed by atoms with Gasteiger partial charge in [0.25, 0.3) is 5.91 Å². The van der Waals surface area contributed by atoms with E-state index in [1.165, 1.54) is 5.56 Å². The topological polar surface area (TPSA) is 29.1 Å². The molecule has 21 heavy (non-hydrogen) atoms. The van der Waals surface area contributed by atoms with Crippen molar-refractivity contribution in [1.82, 2.24) is 0 Å². The third-order valence-corrected chi connectivity index (χ3v) is 3.46. The minimum atomic E-state index is -0.0612. The van der Waals surface area contributed by atoms with Crippen molar-refractivity contribution in [1.29, 1.82) is 0 Å². The van der Waals surface area contributed by atoms with Crippen LogP contribution in [0.25, 0.3) is 6.08 Å². The first-order valence-electron chi connectivity index (χ1n) is 7.10. The van der Waals surface area contributed by atoms with E-state index in [-0.39, 0.29) is 5.91 Å². The minimum absolute atomic E-state index is 0.0612. The second kappa shape index (κ2) is 6.40. The maximum Gasteiger partial charge on any atom is 0.251 e. The molecule has 0 bridgehead atoms. The Morgan fingerprint density at radius 1 is 1.00 bits per heavy atom. The largest absolute Gasteiger partial charge is 0.322 e. The molecule has 0 saturated carbocycles.